The smallest absolute Gasteiger partial charge is 0.370 e. The maximum absolute atomic E-state index is 11.7. The molecule has 9 N–H and O–H groups in total. The number of nitrogens with zero attached hydrogens (tertiary/aromatic N) is 1. The Labute approximate surface area is 165 Å². The molecule has 0 aromatic heterocycles. The topological polar surface area (TPSA) is 227 Å². The predicted molar refractivity (Wildman–Crippen MR) is 96.6 cm³/mol. The molecule has 164 valence electrons. The van der Waals surface area contributed by atoms with E-state index in [9.17, 15) is 29.7 Å². The van der Waals surface area contributed by atoms with Gasteiger partial charge in [0.2, 0.25) is 11.7 Å². The Bertz CT molecular complexity index is 669. The van der Waals surface area contributed by atoms with Gasteiger partial charge >= 0.3 is 11.9 Å². The van der Waals surface area contributed by atoms with Crippen LogP contribution in [0.1, 0.15) is 19.8 Å². The molecule has 0 bridgehead atoms. The van der Waals surface area contributed by atoms with E-state index >= 15 is 0 Å². The van der Waals surface area contributed by atoms with Gasteiger partial charge in [0, 0.05) is 19.9 Å². The maximum Gasteiger partial charge on any atom is 0.370 e. The Morgan fingerprint density at radius 2 is 1.97 bits per heavy atom. The zero-order valence-corrected chi connectivity index (χ0v) is 15.7. The molecule has 0 spiro atoms. The van der Waals surface area contributed by atoms with Gasteiger partial charge in [0.05, 0.1) is 18.7 Å². The van der Waals surface area contributed by atoms with Crippen LogP contribution in [-0.2, 0) is 19.1 Å². The minimum Gasteiger partial charge on any atom is -0.481 e. The number of ether oxygens (including phenoxy) is 1. The van der Waals surface area contributed by atoms with Crippen LogP contribution in [0.15, 0.2) is 11.8 Å². The third-order valence-electron chi connectivity index (χ3n) is 4.26. The molecule has 0 saturated carbocycles. The second kappa shape index (κ2) is 10.6. The zero-order valence-electron chi connectivity index (χ0n) is 15.7. The highest BCUT2D eigenvalue weighted by molar-refractivity contribution is 5.85. The lowest BCUT2D eigenvalue weighted by Gasteiger charge is -2.44. The second-order valence-electron chi connectivity index (χ2n) is 6.45. The van der Waals surface area contributed by atoms with Crippen molar-refractivity contribution in [2.45, 2.75) is 50.2 Å². The summed E-state index contributed by atoms with van der Waals surface area (Å²) >= 11 is 0. The van der Waals surface area contributed by atoms with Crippen LogP contribution in [0.5, 0.6) is 0 Å². The van der Waals surface area contributed by atoms with E-state index in [1.54, 1.807) is 0 Å². The number of guanidine groups is 1. The first-order valence-electron chi connectivity index (χ1n) is 8.67. The van der Waals surface area contributed by atoms with Crippen molar-refractivity contribution in [1.29, 1.82) is 5.41 Å². The first kappa shape index (κ1) is 24.1. The molecular formula is C16H26N4O9. The average molecular weight is 418 g/mol. The number of carbonyl (C=O) groups excluding carboxylic acids is 1. The molecule has 0 fully saturated rings. The lowest BCUT2D eigenvalue weighted by molar-refractivity contribution is -0.147. The molecule has 1 amide bonds. The zero-order chi connectivity index (χ0) is 22.3. The third kappa shape index (κ3) is 6.58. The van der Waals surface area contributed by atoms with Crippen molar-refractivity contribution in [3.8, 4) is 0 Å². The van der Waals surface area contributed by atoms with E-state index in [-0.39, 0.29) is 19.4 Å². The van der Waals surface area contributed by atoms with E-state index in [0.717, 1.165) is 17.9 Å². The number of amides is 1. The summed E-state index contributed by atoms with van der Waals surface area (Å²) in [6, 6.07) is -2.30. The van der Waals surface area contributed by atoms with E-state index in [4.69, 9.17) is 26.1 Å². The van der Waals surface area contributed by atoms with Crippen LogP contribution in [0.2, 0.25) is 0 Å². The van der Waals surface area contributed by atoms with E-state index < -0.39 is 66.6 Å². The minimum absolute atomic E-state index is 0.0573. The van der Waals surface area contributed by atoms with Gasteiger partial charge in [0.1, 0.15) is 18.3 Å². The molecule has 13 nitrogen and oxygen atoms in total. The fourth-order valence-corrected chi connectivity index (χ4v) is 2.96. The van der Waals surface area contributed by atoms with Gasteiger partial charge in [-0.15, -0.1) is 0 Å². The number of rotatable bonds is 10. The van der Waals surface area contributed by atoms with Crippen molar-refractivity contribution < 1.29 is 44.7 Å². The predicted octanol–water partition coefficient (Wildman–Crippen LogP) is -3.00. The molecule has 1 aliphatic heterocycles. The molecule has 1 heterocycles. The van der Waals surface area contributed by atoms with Crippen LogP contribution in [0.4, 0.5) is 0 Å². The Morgan fingerprint density at radius 3 is 2.41 bits per heavy atom. The molecule has 0 saturated heterocycles. The lowest BCUT2D eigenvalue weighted by Crippen LogP contribution is -2.65. The largest absolute Gasteiger partial charge is 0.481 e. The summed E-state index contributed by atoms with van der Waals surface area (Å²) in [7, 11) is 0. The normalized spacial score (nSPS) is 23.2. The standard InChI is InChI=1S/C16H26N4O9/c1-7(22)19-12-8(20(16(17)18)4-2-3-11(24)25)5-10(15(27)28)29-14(12)13(26)9(23)6-21/h5,8-9,12-14,21,23,26H,2-4,6H2,1H3,(H3,17,18)(H,19,22)(H,24,25)(H,27,28)/t8-,9+,12+,13+,14+/m0/s1. The Hall–Kier alpha value is -2.90. The number of nitrogens with two attached hydrogens (primary N) is 1. The summed E-state index contributed by atoms with van der Waals surface area (Å²) in [5.74, 6) is -4.34. The van der Waals surface area contributed by atoms with E-state index in [1.165, 1.54) is 0 Å². The molecule has 0 unspecified atom stereocenters. The van der Waals surface area contributed by atoms with E-state index in [0.29, 0.717) is 0 Å². The summed E-state index contributed by atoms with van der Waals surface area (Å²) < 4.78 is 5.24. The molecule has 0 radical (unpaired) electrons. The van der Waals surface area contributed by atoms with E-state index in [2.05, 4.69) is 5.32 Å². The average Bonchev–Trinajstić information content (AvgIpc) is 2.63. The van der Waals surface area contributed by atoms with Gasteiger partial charge in [-0.1, -0.05) is 0 Å². The highest BCUT2D eigenvalue weighted by Gasteiger charge is 2.45. The summed E-state index contributed by atoms with van der Waals surface area (Å²) in [4.78, 5) is 35.1. The number of aliphatic carboxylic acids is 2. The summed E-state index contributed by atoms with van der Waals surface area (Å²) in [5.41, 5.74) is 5.59. The molecular weight excluding hydrogens is 392 g/mol. The minimum atomic E-state index is -1.80. The fraction of sp³-hybridized carbons (Fsp3) is 0.625. The van der Waals surface area contributed by atoms with Crippen molar-refractivity contribution in [2.24, 2.45) is 5.73 Å². The van der Waals surface area contributed by atoms with Crippen molar-refractivity contribution in [1.82, 2.24) is 10.2 Å². The highest BCUT2D eigenvalue weighted by atomic mass is 16.5. The van der Waals surface area contributed by atoms with Crippen LogP contribution in [0.25, 0.3) is 0 Å². The number of carbonyl (C=O) groups is 3. The van der Waals surface area contributed by atoms with Gasteiger partial charge in [-0.25, -0.2) is 4.79 Å². The highest BCUT2D eigenvalue weighted by Crippen LogP contribution is 2.26. The van der Waals surface area contributed by atoms with Gasteiger partial charge in [0.15, 0.2) is 5.96 Å². The van der Waals surface area contributed by atoms with Gasteiger partial charge in [-0.2, -0.15) is 0 Å². The van der Waals surface area contributed by atoms with Crippen molar-refractivity contribution in [3.05, 3.63) is 11.8 Å². The van der Waals surface area contributed by atoms with Crippen LogP contribution < -0.4 is 11.1 Å². The molecule has 0 aromatic rings. The molecule has 13 heteroatoms. The van der Waals surface area contributed by atoms with Crippen molar-refractivity contribution in [3.63, 3.8) is 0 Å². The Kier molecular flexibility index (Phi) is 8.82. The summed E-state index contributed by atoms with van der Waals surface area (Å²) in [6.07, 6.45) is -4.13. The SMILES string of the molecule is CC(=O)N[C@H]1[C@H]([C@H](O)[C@H](O)CO)OC(C(=O)O)=C[C@@H]1N(CCCC(=O)O)C(=N)N. The van der Waals surface area contributed by atoms with Gasteiger partial charge in [-0.05, 0) is 12.5 Å². The number of hydrogen-bond donors (Lipinski definition) is 8. The van der Waals surface area contributed by atoms with Gasteiger partial charge < -0.3 is 46.2 Å². The Morgan fingerprint density at radius 1 is 1.34 bits per heavy atom. The molecule has 0 aromatic carbocycles. The lowest BCUT2D eigenvalue weighted by atomic mass is 9.91. The molecule has 29 heavy (non-hydrogen) atoms. The van der Waals surface area contributed by atoms with Crippen LogP contribution in [0, 0.1) is 5.41 Å². The summed E-state index contributed by atoms with van der Waals surface area (Å²) in [6.45, 7) is 0.221. The second-order valence-corrected chi connectivity index (χ2v) is 6.45. The molecule has 1 rings (SSSR count). The van der Waals surface area contributed by atoms with Gasteiger partial charge in [0.25, 0.3) is 0 Å². The number of carboxylic acids is 2. The van der Waals surface area contributed by atoms with E-state index in [1.807, 2.05) is 0 Å². The fourth-order valence-electron chi connectivity index (χ4n) is 2.96. The number of carboxylic acid groups (broad SMARTS) is 2. The van der Waals surface area contributed by atoms with Gasteiger partial charge in [-0.3, -0.25) is 15.0 Å². The van der Waals surface area contributed by atoms with Crippen LogP contribution in [0.3, 0.4) is 0 Å². The third-order valence-corrected chi connectivity index (χ3v) is 4.26. The molecule has 0 aliphatic carbocycles. The molecule has 1 aliphatic rings. The van der Waals surface area contributed by atoms with Crippen molar-refractivity contribution >= 4 is 23.8 Å². The Balaban J connectivity index is 3.37. The number of aliphatic hydroxyl groups is 3. The number of aliphatic hydroxyl groups excluding tert-OH is 3. The first-order chi connectivity index (χ1) is 13.5. The monoisotopic (exact) mass is 418 g/mol. The maximum atomic E-state index is 11.7. The summed E-state index contributed by atoms with van der Waals surface area (Å²) in [5, 5.41) is 57.6. The molecule has 5 atom stereocenters. The first-order valence-corrected chi connectivity index (χ1v) is 8.67. The van der Waals surface area contributed by atoms with Crippen LogP contribution in [-0.4, -0.2) is 97.8 Å². The van der Waals surface area contributed by atoms with Crippen LogP contribution >= 0.6 is 0 Å². The van der Waals surface area contributed by atoms with Crippen molar-refractivity contribution in [2.75, 3.05) is 13.2 Å². The number of hydrogen-bond acceptors (Lipinski definition) is 8. The number of nitrogens with one attached hydrogen (secondary N) is 2. The quantitative estimate of drug-likeness (QED) is 0.132.